The summed E-state index contributed by atoms with van der Waals surface area (Å²) in [6.07, 6.45) is 44.8. The zero-order chi connectivity index (χ0) is 28.2. The number of aromatic nitrogens is 1. The van der Waals surface area contributed by atoms with Gasteiger partial charge in [0.2, 0.25) is 0 Å². The highest BCUT2D eigenvalue weighted by Crippen LogP contribution is 2.18. The molecule has 0 aromatic carbocycles. The van der Waals surface area contributed by atoms with Gasteiger partial charge in [0.15, 0.2) is 18.4 Å². The first-order valence-electron chi connectivity index (χ1n) is 18.2. The van der Waals surface area contributed by atoms with Crippen LogP contribution in [0.5, 0.6) is 0 Å². The standard InChI is InChI=1S/C38H72N/c1-5-7-9-11-13-15-17-19-21-23-25-27-29-31-37-33-34-39(36(3)4)35-38(37)32-30-28-26-24-22-20-18-16-14-12-10-8-6-2/h33-36H,5-32H2,1-4H3/q+1. The normalized spacial score (nSPS) is 11.6. The van der Waals surface area contributed by atoms with Gasteiger partial charge in [-0.25, -0.2) is 4.57 Å². The van der Waals surface area contributed by atoms with Gasteiger partial charge >= 0.3 is 0 Å². The molecule has 1 aromatic rings. The van der Waals surface area contributed by atoms with Gasteiger partial charge in [-0.15, -0.1) is 0 Å². The van der Waals surface area contributed by atoms with E-state index >= 15 is 0 Å². The molecule has 1 heteroatoms. The highest BCUT2D eigenvalue weighted by atomic mass is 15.0. The molecular weight excluding hydrogens is 470 g/mol. The minimum Gasteiger partial charge on any atom is -0.203 e. The van der Waals surface area contributed by atoms with Gasteiger partial charge in [-0.05, 0) is 45.1 Å². The van der Waals surface area contributed by atoms with E-state index in [9.17, 15) is 0 Å². The van der Waals surface area contributed by atoms with Crippen LogP contribution in [0.1, 0.15) is 212 Å². The van der Waals surface area contributed by atoms with E-state index in [4.69, 9.17) is 0 Å². The summed E-state index contributed by atoms with van der Waals surface area (Å²) < 4.78 is 2.42. The predicted molar refractivity (Wildman–Crippen MR) is 176 cm³/mol. The Kier molecular flexibility index (Phi) is 25.3. The van der Waals surface area contributed by atoms with Crippen LogP contribution in [-0.2, 0) is 12.8 Å². The summed E-state index contributed by atoms with van der Waals surface area (Å²) in [6, 6.07) is 3.00. The SMILES string of the molecule is CCCCCCCCCCCCCCCc1cc[n+](C(C)C)cc1CCCCCCCCCCCCCCC. The van der Waals surface area contributed by atoms with E-state index in [1.807, 2.05) is 0 Å². The monoisotopic (exact) mass is 543 g/mol. The zero-order valence-corrected chi connectivity index (χ0v) is 27.6. The van der Waals surface area contributed by atoms with E-state index in [1.54, 1.807) is 11.1 Å². The van der Waals surface area contributed by atoms with Crippen LogP contribution < -0.4 is 4.57 Å². The van der Waals surface area contributed by atoms with Crippen LogP contribution in [0.25, 0.3) is 0 Å². The third-order valence-electron chi connectivity index (χ3n) is 8.86. The number of hydrogen-bond donors (Lipinski definition) is 0. The molecule has 0 amide bonds. The molecule has 0 atom stereocenters. The molecule has 0 saturated heterocycles. The quantitative estimate of drug-likeness (QED) is 0.0700. The highest BCUT2D eigenvalue weighted by Gasteiger charge is 2.12. The van der Waals surface area contributed by atoms with Crippen LogP contribution in [0.2, 0.25) is 0 Å². The average molecular weight is 543 g/mol. The van der Waals surface area contributed by atoms with Crippen molar-refractivity contribution >= 4 is 0 Å². The van der Waals surface area contributed by atoms with Gasteiger partial charge in [0, 0.05) is 11.6 Å². The first-order valence-corrected chi connectivity index (χ1v) is 18.2. The maximum atomic E-state index is 2.47. The summed E-state index contributed by atoms with van der Waals surface area (Å²) in [5.41, 5.74) is 3.27. The predicted octanol–water partition coefficient (Wildman–Crippen LogP) is 12.8. The van der Waals surface area contributed by atoms with E-state index in [2.05, 4.69) is 50.7 Å². The third-order valence-corrected chi connectivity index (χ3v) is 8.86. The Morgan fingerprint density at radius 3 is 1.08 bits per heavy atom. The minimum absolute atomic E-state index is 0.556. The molecule has 0 bridgehead atoms. The lowest BCUT2D eigenvalue weighted by Gasteiger charge is -2.10. The zero-order valence-electron chi connectivity index (χ0n) is 27.6. The second-order valence-electron chi connectivity index (χ2n) is 13.0. The van der Waals surface area contributed by atoms with Crippen LogP contribution in [0.4, 0.5) is 0 Å². The molecule has 0 saturated carbocycles. The van der Waals surface area contributed by atoms with E-state index < -0.39 is 0 Å². The molecule has 0 N–H and O–H groups in total. The number of aryl methyl sites for hydroxylation is 2. The van der Waals surface area contributed by atoms with E-state index in [0.717, 1.165) is 0 Å². The van der Waals surface area contributed by atoms with Crippen molar-refractivity contribution in [2.45, 2.75) is 214 Å². The van der Waals surface area contributed by atoms with Crippen molar-refractivity contribution in [3.63, 3.8) is 0 Å². The van der Waals surface area contributed by atoms with Gasteiger partial charge in [0.25, 0.3) is 0 Å². The number of nitrogens with zero attached hydrogens (tertiary/aromatic N) is 1. The second-order valence-corrected chi connectivity index (χ2v) is 13.0. The molecule has 0 fully saturated rings. The molecule has 0 aliphatic carbocycles. The van der Waals surface area contributed by atoms with E-state index in [1.165, 1.54) is 180 Å². The fourth-order valence-corrected chi connectivity index (χ4v) is 6.05. The fraction of sp³-hybridized carbons (Fsp3) is 0.868. The lowest BCUT2D eigenvalue weighted by molar-refractivity contribution is -0.716. The van der Waals surface area contributed by atoms with Crippen molar-refractivity contribution in [1.29, 1.82) is 0 Å². The Labute approximate surface area is 247 Å². The highest BCUT2D eigenvalue weighted by molar-refractivity contribution is 5.21. The Hall–Kier alpha value is -0.850. The molecule has 0 spiro atoms. The fourth-order valence-electron chi connectivity index (χ4n) is 6.05. The molecule has 1 heterocycles. The number of unbranched alkanes of at least 4 members (excludes halogenated alkanes) is 24. The van der Waals surface area contributed by atoms with Crippen molar-refractivity contribution < 1.29 is 4.57 Å². The molecule has 1 nitrogen and oxygen atoms in total. The minimum atomic E-state index is 0.556. The molecule has 0 aliphatic heterocycles. The van der Waals surface area contributed by atoms with Crippen molar-refractivity contribution in [2.75, 3.05) is 0 Å². The van der Waals surface area contributed by atoms with Crippen molar-refractivity contribution in [3.05, 3.63) is 29.6 Å². The lowest BCUT2D eigenvalue weighted by atomic mass is 9.97. The summed E-state index contributed by atoms with van der Waals surface area (Å²) in [7, 11) is 0. The van der Waals surface area contributed by atoms with E-state index in [-0.39, 0.29) is 0 Å². The number of pyridine rings is 1. The van der Waals surface area contributed by atoms with Gasteiger partial charge in [0.1, 0.15) is 0 Å². The lowest BCUT2D eigenvalue weighted by Crippen LogP contribution is -2.36. The van der Waals surface area contributed by atoms with Crippen LogP contribution in [-0.4, -0.2) is 0 Å². The molecule has 1 rings (SSSR count). The summed E-state index contributed by atoms with van der Waals surface area (Å²) in [6.45, 7) is 9.23. The van der Waals surface area contributed by atoms with Crippen molar-refractivity contribution in [1.82, 2.24) is 0 Å². The first kappa shape index (κ1) is 36.2. The molecule has 39 heavy (non-hydrogen) atoms. The molecule has 1 aromatic heterocycles. The Balaban J connectivity index is 2.14. The first-order chi connectivity index (χ1) is 19.2. The van der Waals surface area contributed by atoms with Crippen LogP contribution >= 0.6 is 0 Å². The van der Waals surface area contributed by atoms with Crippen LogP contribution in [0.15, 0.2) is 18.5 Å². The Morgan fingerprint density at radius 1 is 0.436 bits per heavy atom. The second kappa shape index (κ2) is 27.3. The number of rotatable bonds is 29. The van der Waals surface area contributed by atoms with Crippen LogP contribution in [0.3, 0.4) is 0 Å². The third kappa shape index (κ3) is 21.6. The van der Waals surface area contributed by atoms with Gasteiger partial charge in [-0.1, -0.05) is 168 Å². The Morgan fingerprint density at radius 2 is 0.744 bits per heavy atom. The average Bonchev–Trinajstić information content (AvgIpc) is 2.94. The van der Waals surface area contributed by atoms with Gasteiger partial charge < -0.3 is 0 Å². The van der Waals surface area contributed by atoms with Crippen LogP contribution in [0, 0.1) is 0 Å². The van der Waals surface area contributed by atoms with Gasteiger partial charge in [-0.2, -0.15) is 0 Å². The summed E-state index contributed by atoms with van der Waals surface area (Å²) in [5.74, 6) is 0. The number of hydrogen-bond acceptors (Lipinski definition) is 0. The molecule has 0 aliphatic rings. The maximum absolute atomic E-state index is 2.47. The van der Waals surface area contributed by atoms with Gasteiger partial charge in [0.05, 0.1) is 0 Å². The van der Waals surface area contributed by atoms with Gasteiger partial charge in [-0.3, -0.25) is 0 Å². The summed E-state index contributed by atoms with van der Waals surface area (Å²) in [4.78, 5) is 0. The molecule has 0 unspecified atom stereocenters. The maximum Gasteiger partial charge on any atom is 0.172 e. The molecular formula is C38H72N+. The smallest absolute Gasteiger partial charge is 0.172 e. The van der Waals surface area contributed by atoms with Crippen molar-refractivity contribution in [2.24, 2.45) is 0 Å². The largest absolute Gasteiger partial charge is 0.203 e. The molecule has 0 radical (unpaired) electrons. The Bertz CT molecular complexity index is 634. The van der Waals surface area contributed by atoms with Crippen molar-refractivity contribution in [3.8, 4) is 0 Å². The topological polar surface area (TPSA) is 3.88 Å². The summed E-state index contributed by atoms with van der Waals surface area (Å²) in [5, 5.41) is 0. The summed E-state index contributed by atoms with van der Waals surface area (Å²) >= 11 is 0. The molecule has 228 valence electrons. The van der Waals surface area contributed by atoms with E-state index in [0.29, 0.717) is 6.04 Å².